The van der Waals surface area contributed by atoms with E-state index in [9.17, 15) is 9.90 Å². The van der Waals surface area contributed by atoms with E-state index in [1.807, 2.05) is 13.8 Å². The van der Waals surface area contributed by atoms with Crippen LogP contribution in [0.5, 0.6) is 0 Å². The number of aromatic carboxylic acids is 1. The van der Waals surface area contributed by atoms with Crippen molar-refractivity contribution in [3.63, 3.8) is 0 Å². The van der Waals surface area contributed by atoms with Gasteiger partial charge in [-0.2, -0.15) is 0 Å². The predicted molar refractivity (Wildman–Crippen MR) is 77.1 cm³/mol. The van der Waals surface area contributed by atoms with Crippen LogP contribution >= 0.6 is 0 Å². The maximum atomic E-state index is 11.1. The number of carboxylic acids is 1. The van der Waals surface area contributed by atoms with Crippen LogP contribution in [-0.4, -0.2) is 33.8 Å². The van der Waals surface area contributed by atoms with Crippen LogP contribution in [0.4, 0.5) is 5.82 Å². The van der Waals surface area contributed by atoms with Gasteiger partial charge in [-0.15, -0.1) is 0 Å². The van der Waals surface area contributed by atoms with Crippen molar-refractivity contribution in [3.05, 3.63) is 23.4 Å². The summed E-state index contributed by atoms with van der Waals surface area (Å²) >= 11 is 0. The summed E-state index contributed by atoms with van der Waals surface area (Å²) in [7, 11) is 0. The average Bonchev–Trinajstić information content (AvgIpc) is 2.81. The van der Waals surface area contributed by atoms with Crippen LogP contribution in [-0.2, 0) is 0 Å². The van der Waals surface area contributed by atoms with Crippen molar-refractivity contribution in [3.8, 4) is 0 Å². The third-order valence-electron chi connectivity index (χ3n) is 3.85. The molecule has 1 aliphatic carbocycles. The Bertz CT molecular complexity index is 488. The van der Waals surface area contributed by atoms with Crippen LogP contribution in [0.25, 0.3) is 0 Å². The zero-order valence-corrected chi connectivity index (χ0v) is 12.0. The molecule has 0 radical (unpaired) electrons. The smallest absolute Gasteiger partial charge is 0.335 e. The van der Waals surface area contributed by atoms with Crippen LogP contribution in [0, 0.1) is 5.92 Å². The van der Waals surface area contributed by atoms with Gasteiger partial charge in [0.25, 0.3) is 0 Å². The fourth-order valence-electron chi connectivity index (χ4n) is 2.55. The standard InChI is InChI=1S/C15H22N2O3/c1-9(2)12-6-11(15(19)20)7-14(17-12)16-8-10-4-3-5-13(10)18/h6-7,9-10,13,18H,3-5,8H2,1-2H3,(H,16,17)(H,19,20). The van der Waals surface area contributed by atoms with Crippen LogP contribution in [0.1, 0.15) is 55.1 Å². The summed E-state index contributed by atoms with van der Waals surface area (Å²) < 4.78 is 0. The third kappa shape index (κ3) is 3.48. The van der Waals surface area contributed by atoms with E-state index < -0.39 is 5.97 Å². The molecule has 110 valence electrons. The second kappa shape index (κ2) is 6.22. The quantitative estimate of drug-likeness (QED) is 0.770. The molecule has 20 heavy (non-hydrogen) atoms. The molecular formula is C15H22N2O3. The van der Waals surface area contributed by atoms with E-state index in [0.29, 0.717) is 12.4 Å². The van der Waals surface area contributed by atoms with Gasteiger partial charge in [0.05, 0.1) is 11.7 Å². The molecule has 1 aromatic heterocycles. The Hall–Kier alpha value is -1.62. The van der Waals surface area contributed by atoms with E-state index in [4.69, 9.17) is 5.11 Å². The Labute approximate surface area is 119 Å². The Morgan fingerprint density at radius 3 is 2.75 bits per heavy atom. The van der Waals surface area contributed by atoms with Gasteiger partial charge < -0.3 is 15.5 Å². The SMILES string of the molecule is CC(C)c1cc(C(=O)O)cc(NCC2CCCC2O)n1. The molecule has 2 rings (SSSR count). The first-order valence-corrected chi connectivity index (χ1v) is 7.14. The summed E-state index contributed by atoms with van der Waals surface area (Å²) in [4.78, 5) is 15.6. The zero-order chi connectivity index (χ0) is 14.7. The Morgan fingerprint density at radius 2 is 2.20 bits per heavy atom. The Kier molecular flexibility index (Phi) is 4.60. The number of aliphatic hydroxyl groups is 1. The first kappa shape index (κ1) is 14.8. The molecule has 1 aromatic rings. The van der Waals surface area contributed by atoms with Gasteiger partial charge in [-0.3, -0.25) is 0 Å². The van der Waals surface area contributed by atoms with Crippen molar-refractivity contribution in [1.82, 2.24) is 4.98 Å². The van der Waals surface area contributed by atoms with E-state index >= 15 is 0 Å². The van der Waals surface area contributed by atoms with Crippen molar-refractivity contribution < 1.29 is 15.0 Å². The largest absolute Gasteiger partial charge is 0.478 e. The highest BCUT2D eigenvalue weighted by molar-refractivity contribution is 5.88. The molecule has 0 spiro atoms. The van der Waals surface area contributed by atoms with Gasteiger partial charge >= 0.3 is 5.97 Å². The number of pyridine rings is 1. The summed E-state index contributed by atoms with van der Waals surface area (Å²) in [5, 5.41) is 22.1. The lowest BCUT2D eigenvalue weighted by Gasteiger charge is -2.16. The lowest BCUT2D eigenvalue weighted by atomic mass is 10.1. The van der Waals surface area contributed by atoms with E-state index in [1.165, 1.54) is 0 Å². The van der Waals surface area contributed by atoms with Crippen LogP contribution in [0.15, 0.2) is 12.1 Å². The van der Waals surface area contributed by atoms with Gasteiger partial charge in [0, 0.05) is 18.2 Å². The lowest BCUT2D eigenvalue weighted by molar-refractivity contribution is 0.0696. The number of carboxylic acid groups (broad SMARTS) is 1. The minimum atomic E-state index is -0.946. The molecule has 5 nitrogen and oxygen atoms in total. The van der Waals surface area contributed by atoms with Gasteiger partial charge in [-0.25, -0.2) is 9.78 Å². The fourth-order valence-corrected chi connectivity index (χ4v) is 2.55. The topological polar surface area (TPSA) is 82.5 Å². The van der Waals surface area contributed by atoms with Crippen molar-refractivity contribution >= 4 is 11.8 Å². The number of nitrogens with zero attached hydrogens (tertiary/aromatic N) is 1. The number of rotatable bonds is 5. The summed E-state index contributed by atoms with van der Waals surface area (Å²) in [6.07, 6.45) is 2.65. The molecule has 1 heterocycles. The van der Waals surface area contributed by atoms with Gasteiger partial charge in [0.15, 0.2) is 0 Å². The normalized spacial score (nSPS) is 22.2. The maximum absolute atomic E-state index is 11.1. The first-order valence-electron chi connectivity index (χ1n) is 7.14. The molecule has 1 fully saturated rings. The van der Waals surface area contributed by atoms with Crippen LogP contribution in [0.2, 0.25) is 0 Å². The molecule has 1 saturated carbocycles. The molecule has 0 bridgehead atoms. The average molecular weight is 278 g/mol. The number of carbonyl (C=O) groups is 1. The second-order valence-electron chi connectivity index (χ2n) is 5.77. The van der Waals surface area contributed by atoms with Crippen LogP contribution in [0.3, 0.4) is 0 Å². The minimum Gasteiger partial charge on any atom is -0.478 e. The van der Waals surface area contributed by atoms with Crippen molar-refractivity contribution in [1.29, 1.82) is 0 Å². The molecule has 0 saturated heterocycles. The van der Waals surface area contributed by atoms with Gasteiger partial charge in [0.2, 0.25) is 0 Å². The monoisotopic (exact) mass is 278 g/mol. The van der Waals surface area contributed by atoms with E-state index in [0.717, 1.165) is 25.0 Å². The van der Waals surface area contributed by atoms with Gasteiger partial charge in [-0.1, -0.05) is 20.3 Å². The number of hydrogen-bond donors (Lipinski definition) is 3. The number of aliphatic hydroxyl groups excluding tert-OH is 1. The molecule has 3 N–H and O–H groups in total. The summed E-state index contributed by atoms with van der Waals surface area (Å²) in [6.45, 7) is 4.60. The maximum Gasteiger partial charge on any atom is 0.335 e. The summed E-state index contributed by atoms with van der Waals surface area (Å²) in [6, 6.07) is 3.16. The highest BCUT2D eigenvalue weighted by Crippen LogP contribution is 2.26. The summed E-state index contributed by atoms with van der Waals surface area (Å²) in [5.74, 6) is 0.0330. The number of nitrogens with one attached hydrogen (secondary N) is 1. The number of hydrogen-bond acceptors (Lipinski definition) is 4. The Balaban J connectivity index is 2.11. The Morgan fingerprint density at radius 1 is 1.45 bits per heavy atom. The molecule has 0 amide bonds. The van der Waals surface area contributed by atoms with E-state index in [-0.39, 0.29) is 23.5 Å². The fraction of sp³-hybridized carbons (Fsp3) is 0.600. The van der Waals surface area contributed by atoms with Gasteiger partial charge in [0.1, 0.15) is 5.82 Å². The van der Waals surface area contributed by atoms with Crippen molar-refractivity contribution in [2.75, 3.05) is 11.9 Å². The van der Waals surface area contributed by atoms with Crippen molar-refractivity contribution in [2.45, 2.75) is 45.1 Å². The third-order valence-corrected chi connectivity index (χ3v) is 3.85. The van der Waals surface area contributed by atoms with Crippen LogP contribution < -0.4 is 5.32 Å². The molecule has 2 unspecified atom stereocenters. The predicted octanol–water partition coefficient (Wildman–Crippen LogP) is 2.48. The molecule has 0 aromatic carbocycles. The van der Waals surface area contributed by atoms with Crippen molar-refractivity contribution in [2.24, 2.45) is 5.92 Å². The minimum absolute atomic E-state index is 0.173. The first-order chi connectivity index (χ1) is 9.47. The second-order valence-corrected chi connectivity index (χ2v) is 5.77. The van der Waals surface area contributed by atoms with Gasteiger partial charge in [-0.05, 0) is 30.9 Å². The highest BCUT2D eigenvalue weighted by Gasteiger charge is 2.25. The molecule has 0 aliphatic heterocycles. The molecule has 1 aliphatic rings. The molecular weight excluding hydrogens is 256 g/mol. The number of anilines is 1. The highest BCUT2D eigenvalue weighted by atomic mass is 16.4. The van der Waals surface area contributed by atoms with E-state index in [1.54, 1.807) is 12.1 Å². The lowest BCUT2D eigenvalue weighted by Crippen LogP contribution is -2.22. The zero-order valence-electron chi connectivity index (χ0n) is 12.0. The molecule has 5 heteroatoms. The number of aromatic nitrogens is 1. The summed E-state index contributed by atoms with van der Waals surface area (Å²) in [5.41, 5.74) is 1.01. The molecule has 2 atom stereocenters. The van der Waals surface area contributed by atoms with E-state index in [2.05, 4.69) is 10.3 Å².